The van der Waals surface area contributed by atoms with E-state index >= 15 is 0 Å². The Hall–Kier alpha value is -1.49. The van der Waals surface area contributed by atoms with E-state index in [0.717, 1.165) is 12.1 Å². The van der Waals surface area contributed by atoms with Gasteiger partial charge in [-0.2, -0.15) is 0 Å². The summed E-state index contributed by atoms with van der Waals surface area (Å²) >= 11 is 0. The van der Waals surface area contributed by atoms with E-state index < -0.39 is 23.5 Å². The van der Waals surface area contributed by atoms with E-state index in [2.05, 4.69) is 4.74 Å². The summed E-state index contributed by atoms with van der Waals surface area (Å²) in [6, 6.07) is 2.02. The molecule has 5 heteroatoms. The van der Waals surface area contributed by atoms with Gasteiger partial charge < -0.3 is 10.5 Å². The summed E-state index contributed by atoms with van der Waals surface area (Å²) in [7, 11) is 1.17. The Labute approximate surface area is 92.2 Å². The molecule has 1 rings (SSSR count). The van der Waals surface area contributed by atoms with Crippen LogP contribution in [-0.2, 0) is 9.53 Å². The molecule has 0 radical (unpaired) electrons. The minimum absolute atomic E-state index is 0.0718. The molecule has 0 spiro atoms. The van der Waals surface area contributed by atoms with Crippen molar-refractivity contribution in [1.82, 2.24) is 0 Å². The van der Waals surface area contributed by atoms with E-state index in [9.17, 15) is 13.6 Å². The lowest BCUT2D eigenvalue weighted by molar-refractivity contribution is -0.142. The van der Waals surface area contributed by atoms with E-state index in [1.807, 2.05) is 0 Å². The van der Waals surface area contributed by atoms with E-state index in [0.29, 0.717) is 0 Å². The lowest BCUT2D eigenvalue weighted by Gasteiger charge is -2.14. The molecule has 0 saturated heterocycles. The van der Waals surface area contributed by atoms with Crippen LogP contribution in [-0.4, -0.2) is 19.6 Å². The molecule has 0 saturated carbocycles. The third-order valence-corrected chi connectivity index (χ3v) is 2.37. The standard InChI is InChI=1S/C11H13F2NO2/c1-6-3-10(13)7(4-9(6)12)8(5-14)11(15)16-2/h3-4,8H,5,14H2,1-2H3. The molecular formula is C11H13F2NO2. The summed E-state index contributed by atoms with van der Waals surface area (Å²) in [6.07, 6.45) is 0. The molecule has 1 atom stereocenters. The maximum atomic E-state index is 13.5. The van der Waals surface area contributed by atoms with Crippen LogP contribution in [0.4, 0.5) is 8.78 Å². The molecule has 0 aliphatic heterocycles. The Bertz CT molecular complexity index is 407. The maximum absolute atomic E-state index is 13.5. The van der Waals surface area contributed by atoms with Crippen LogP contribution in [0.15, 0.2) is 12.1 Å². The van der Waals surface area contributed by atoms with Crippen molar-refractivity contribution in [3.05, 3.63) is 34.9 Å². The van der Waals surface area contributed by atoms with Gasteiger partial charge in [0.05, 0.1) is 13.0 Å². The highest BCUT2D eigenvalue weighted by Crippen LogP contribution is 2.22. The lowest BCUT2D eigenvalue weighted by Crippen LogP contribution is -2.24. The Kier molecular flexibility index (Phi) is 3.95. The van der Waals surface area contributed by atoms with Crippen molar-refractivity contribution < 1.29 is 18.3 Å². The van der Waals surface area contributed by atoms with Crippen LogP contribution < -0.4 is 5.73 Å². The van der Waals surface area contributed by atoms with Crippen LogP contribution in [0.2, 0.25) is 0 Å². The zero-order valence-corrected chi connectivity index (χ0v) is 9.09. The van der Waals surface area contributed by atoms with Gasteiger partial charge in [-0.05, 0) is 24.6 Å². The normalized spacial score (nSPS) is 12.3. The smallest absolute Gasteiger partial charge is 0.314 e. The van der Waals surface area contributed by atoms with Gasteiger partial charge in [0.15, 0.2) is 0 Å². The first-order chi connectivity index (χ1) is 7.51. The number of halogens is 2. The second kappa shape index (κ2) is 5.03. The molecule has 0 aliphatic carbocycles. The molecule has 0 heterocycles. The van der Waals surface area contributed by atoms with Crippen LogP contribution in [0.3, 0.4) is 0 Å². The number of esters is 1. The van der Waals surface area contributed by atoms with Crippen LogP contribution in [0.1, 0.15) is 17.0 Å². The predicted molar refractivity (Wildman–Crippen MR) is 54.9 cm³/mol. The molecular weight excluding hydrogens is 216 g/mol. The Morgan fingerprint density at radius 3 is 2.56 bits per heavy atom. The summed E-state index contributed by atoms with van der Waals surface area (Å²) in [5.74, 6) is -2.87. The number of carbonyl (C=O) groups is 1. The number of ether oxygens (including phenoxy) is 1. The fourth-order valence-corrected chi connectivity index (χ4v) is 1.42. The van der Waals surface area contributed by atoms with Gasteiger partial charge in [0.25, 0.3) is 0 Å². The molecule has 0 aliphatic rings. The molecule has 88 valence electrons. The summed E-state index contributed by atoms with van der Waals surface area (Å²) in [5, 5.41) is 0. The Balaban J connectivity index is 3.20. The number of hydrogen-bond acceptors (Lipinski definition) is 3. The highest BCUT2D eigenvalue weighted by molar-refractivity contribution is 5.78. The van der Waals surface area contributed by atoms with Crippen molar-refractivity contribution >= 4 is 5.97 Å². The quantitative estimate of drug-likeness (QED) is 0.799. The lowest BCUT2D eigenvalue weighted by atomic mass is 9.97. The van der Waals surface area contributed by atoms with E-state index in [4.69, 9.17) is 5.73 Å². The first-order valence-corrected chi connectivity index (χ1v) is 4.74. The monoisotopic (exact) mass is 229 g/mol. The van der Waals surface area contributed by atoms with Gasteiger partial charge in [-0.15, -0.1) is 0 Å². The van der Waals surface area contributed by atoms with Crippen molar-refractivity contribution in [1.29, 1.82) is 0 Å². The molecule has 3 nitrogen and oxygen atoms in total. The third-order valence-electron chi connectivity index (χ3n) is 2.37. The SMILES string of the molecule is COC(=O)C(CN)c1cc(F)c(C)cc1F. The highest BCUT2D eigenvalue weighted by atomic mass is 19.1. The van der Waals surface area contributed by atoms with Crippen LogP contribution in [0.5, 0.6) is 0 Å². The van der Waals surface area contributed by atoms with Crippen molar-refractivity contribution in [2.45, 2.75) is 12.8 Å². The van der Waals surface area contributed by atoms with Crippen molar-refractivity contribution in [3.63, 3.8) is 0 Å². The zero-order chi connectivity index (χ0) is 12.3. The molecule has 1 unspecified atom stereocenters. The fourth-order valence-electron chi connectivity index (χ4n) is 1.42. The minimum atomic E-state index is -0.972. The number of methoxy groups -OCH3 is 1. The molecule has 0 bridgehead atoms. The molecule has 2 N–H and O–H groups in total. The summed E-state index contributed by atoms with van der Waals surface area (Å²) in [5.41, 5.74) is 5.46. The number of nitrogens with two attached hydrogens (primary N) is 1. The first kappa shape index (κ1) is 12.6. The van der Waals surface area contributed by atoms with E-state index in [1.54, 1.807) is 0 Å². The van der Waals surface area contributed by atoms with Crippen molar-refractivity contribution in [3.8, 4) is 0 Å². The largest absolute Gasteiger partial charge is 0.469 e. The number of benzene rings is 1. The number of rotatable bonds is 3. The molecule has 0 amide bonds. The fraction of sp³-hybridized carbons (Fsp3) is 0.364. The van der Waals surface area contributed by atoms with Crippen LogP contribution in [0.25, 0.3) is 0 Å². The van der Waals surface area contributed by atoms with Crippen LogP contribution in [0, 0.1) is 18.6 Å². The Morgan fingerprint density at radius 1 is 1.44 bits per heavy atom. The number of aryl methyl sites for hydroxylation is 1. The second-order valence-corrected chi connectivity index (χ2v) is 3.43. The van der Waals surface area contributed by atoms with Gasteiger partial charge in [-0.3, -0.25) is 4.79 Å². The summed E-state index contributed by atoms with van der Waals surface area (Å²) in [6.45, 7) is 1.31. The zero-order valence-electron chi connectivity index (χ0n) is 9.09. The average molecular weight is 229 g/mol. The molecule has 1 aromatic rings. The molecule has 16 heavy (non-hydrogen) atoms. The van der Waals surface area contributed by atoms with Crippen LogP contribution >= 0.6 is 0 Å². The van der Waals surface area contributed by atoms with Crippen molar-refractivity contribution in [2.75, 3.05) is 13.7 Å². The van der Waals surface area contributed by atoms with Gasteiger partial charge in [-0.25, -0.2) is 8.78 Å². The van der Waals surface area contributed by atoms with Crippen molar-refractivity contribution in [2.24, 2.45) is 5.73 Å². The molecule has 1 aromatic carbocycles. The summed E-state index contributed by atoms with van der Waals surface area (Å²) in [4.78, 5) is 11.3. The van der Waals surface area contributed by atoms with Gasteiger partial charge in [-0.1, -0.05) is 0 Å². The topological polar surface area (TPSA) is 52.3 Å². The van der Waals surface area contributed by atoms with Gasteiger partial charge in [0, 0.05) is 12.1 Å². The highest BCUT2D eigenvalue weighted by Gasteiger charge is 2.24. The van der Waals surface area contributed by atoms with E-state index in [-0.39, 0.29) is 17.7 Å². The number of carbonyl (C=O) groups excluding carboxylic acids is 1. The Morgan fingerprint density at radius 2 is 2.06 bits per heavy atom. The van der Waals surface area contributed by atoms with E-state index in [1.165, 1.54) is 14.0 Å². The molecule has 0 fully saturated rings. The first-order valence-electron chi connectivity index (χ1n) is 4.74. The molecule has 0 aromatic heterocycles. The number of hydrogen-bond donors (Lipinski definition) is 1. The second-order valence-electron chi connectivity index (χ2n) is 3.43. The summed E-state index contributed by atoms with van der Waals surface area (Å²) < 4.78 is 31.3. The average Bonchev–Trinajstić information content (AvgIpc) is 2.26. The maximum Gasteiger partial charge on any atom is 0.314 e. The van der Waals surface area contributed by atoms with Gasteiger partial charge in [0.1, 0.15) is 11.6 Å². The van der Waals surface area contributed by atoms with Gasteiger partial charge >= 0.3 is 5.97 Å². The predicted octanol–water partition coefficient (Wildman–Crippen LogP) is 1.49. The van der Waals surface area contributed by atoms with Gasteiger partial charge in [0.2, 0.25) is 0 Å². The third kappa shape index (κ3) is 2.36. The minimum Gasteiger partial charge on any atom is -0.469 e.